The second-order valence-electron chi connectivity index (χ2n) is 3.86. The Hall–Kier alpha value is -0.130. The SMILES string of the molecule is CCC(C)N1CCCS(=O)(=O)NCC1. The molecule has 0 bridgehead atoms. The van der Waals surface area contributed by atoms with Crippen molar-refractivity contribution in [1.82, 2.24) is 9.62 Å². The number of nitrogens with one attached hydrogen (secondary N) is 1. The van der Waals surface area contributed by atoms with E-state index in [1.807, 2.05) is 0 Å². The summed E-state index contributed by atoms with van der Waals surface area (Å²) < 4.78 is 25.1. The van der Waals surface area contributed by atoms with Gasteiger partial charge in [-0.25, -0.2) is 13.1 Å². The number of hydrogen-bond acceptors (Lipinski definition) is 3. The molecule has 1 unspecified atom stereocenters. The number of nitrogens with zero attached hydrogens (tertiary/aromatic N) is 1. The van der Waals surface area contributed by atoms with Gasteiger partial charge in [0.15, 0.2) is 0 Å². The largest absolute Gasteiger partial charge is 0.299 e. The van der Waals surface area contributed by atoms with Crippen LogP contribution < -0.4 is 4.72 Å². The van der Waals surface area contributed by atoms with Gasteiger partial charge in [-0.2, -0.15) is 0 Å². The highest BCUT2D eigenvalue weighted by molar-refractivity contribution is 7.89. The van der Waals surface area contributed by atoms with E-state index in [9.17, 15) is 8.42 Å². The molecule has 0 saturated carbocycles. The zero-order valence-corrected chi connectivity index (χ0v) is 9.81. The van der Waals surface area contributed by atoms with E-state index in [-0.39, 0.29) is 5.75 Å². The fourth-order valence-electron chi connectivity index (χ4n) is 1.69. The Morgan fingerprint density at radius 2 is 2.14 bits per heavy atom. The standard InChI is InChI=1S/C9H20N2O2S/c1-3-9(2)11-6-4-8-14(12,13)10-5-7-11/h9-10H,3-8H2,1-2H3. The molecule has 84 valence electrons. The Balaban J connectivity index is 2.48. The van der Waals surface area contributed by atoms with Gasteiger partial charge in [0, 0.05) is 19.1 Å². The maximum atomic E-state index is 11.2. The highest BCUT2D eigenvalue weighted by Crippen LogP contribution is 2.06. The lowest BCUT2D eigenvalue weighted by Gasteiger charge is -2.29. The lowest BCUT2D eigenvalue weighted by Crippen LogP contribution is -2.43. The molecular weight excluding hydrogens is 200 g/mol. The summed E-state index contributed by atoms with van der Waals surface area (Å²) in [7, 11) is -2.98. The molecule has 0 radical (unpaired) electrons. The van der Waals surface area contributed by atoms with Crippen LogP contribution in [0.1, 0.15) is 26.7 Å². The maximum absolute atomic E-state index is 11.2. The van der Waals surface area contributed by atoms with Gasteiger partial charge < -0.3 is 0 Å². The molecule has 1 heterocycles. The molecule has 1 aliphatic heterocycles. The second-order valence-corrected chi connectivity index (χ2v) is 5.79. The topological polar surface area (TPSA) is 49.4 Å². The summed E-state index contributed by atoms with van der Waals surface area (Å²) in [5.74, 6) is 0.264. The molecule has 5 heteroatoms. The van der Waals surface area contributed by atoms with Crippen LogP contribution in [0.4, 0.5) is 0 Å². The number of hydrogen-bond donors (Lipinski definition) is 1. The molecule has 0 amide bonds. The van der Waals surface area contributed by atoms with Gasteiger partial charge in [0.05, 0.1) is 5.75 Å². The Morgan fingerprint density at radius 3 is 2.79 bits per heavy atom. The molecule has 4 nitrogen and oxygen atoms in total. The second kappa shape index (κ2) is 5.09. The van der Waals surface area contributed by atoms with Gasteiger partial charge in [0.2, 0.25) is 10.0 Å². The summed E-state index contributed by atoms with van der Waals surface area (Å²) in [5, 5.41) is 0. The Labute approximate surface area is 86.7 Å². The predicted octanol–water partition coefficient (Wildman–Crippen LogP) is 0.410. The van der Waals surface area contributed by atoms with Crippen LogP contribution in [0.3, 0.4) is 0 Å². The number of sulfonamides is 1. The Morgan fingerprint density at radius 1 is 1.43 bits per heavy atom. The molecule has 1 aliphatic rings. The molecule has 1 saturated heterocycles. The Bertz CT molecular complexity index is 248. The predicted molar refractivity (Wildman–Crippen MR) is 57.7 cm³/mol. The summed E-state index contributed by atoms with van der Waals surface area (Å²) >= 11 is 0. The van der Waals surface area contributed by atoms with Gasteiger partial charge in [-0.1, -0.05) is 6.92 Å². The summed E-state index contributed by atoms with van der Waals surface area (Å²) in [6.07, 6.45) is 1.85. The first-order valence-corrected chi connectivity index (χ1v) is 6.92. The van der Waals surface area contributed by atoms with Crippen LogP contribution in [-0.2, 0) is 10.0 Å². The van der Waals surface area contributed by atoms with Crippen LogP contribution in [0.2, 0.25) is 0 Å². The van der Waals surface area contributed by atoms with Crippen molar-refractivity contribution in [2.75, 3.05) is 25.4 Å². The van der Waals surface area contributed by atoms with Gasteiger partial charge in [-0.15, -0.1) is 0 Å². The third-order valence-corrected chi connectivity index (χ3v) is 4.26. The smallest absolute Gasteiger partial charge is 0.211 e. The molecule has 0 aromatic heterocycles. The molecule has 1 atom stereocenters. The van der Waals surface area contributed by atoms with Crippen LogP contribution in [0, 0.1) is 0 Å². The van der Waals surface area contributed by atoms with Crippen LogP contribution >= 0.6 is 0 Å². The minimum Gasteiger partial charge on any atom is -0.299 e. The van der Waals surface area contributed by atoms with E-state index in [1.165, 1.54) is 0 Å². The lowest BCUT2D eigenvalue weighted by molar-refractivity contribution is 0.206. The minimum absolute atomic E-state index is 0.264. The van der Waals surface area contributed by atoms with Gasteiger partial charge in [0.1, 0.15) is 0 Å². The summed E-state index contributed by atoms with van der Waals surface area (Å²) in [5.41, 5.74) is 0. The van der Waals surface area contributed by atoms with Crippen LogP contribution in [0.25, 0.3) is 0 Å². The first-order chi connectivity index (χ1) is 6.55. The van der Waals surface area contributed by atoms with Crippen LogP contribution in [0.5, 0.6) is 0 Å². The molecule has 0 aromatic carbocycles. The first kappa shape index (κ1) is 11.9. The quantitative estimate of drug-likeness (QED) is 0.733. The van der Waals surface area contributed by atoms with Crippen molar-refractivity contribution in [2.24, 2.45) is 0 Å². The van der Waals surface area contributed by atoms with Gasteiger partial charge >= 0.3 is 0 Å². The first-order valence-electron chi connectivity index (χ1n) is 5.26. The third-order valence-electron chi connectivity index (χ3n) is 2.79. The normalized spacial score (nSPS) is 26.4. The van der Waals surface area contributed by atoms with E-state index in [2.05, 4.69) is 23.5 Å². The monoisotopic (exact) mass is 220 g/mol. The average molecular weight is 220 g/mol. The molecule has 0 aliphatic carbocycles. The van der Waals surface area contributed by atoms with Crippen molar-refractivity contribution in [3.05, 3.63) is 0 Å². The van der Waals surface area contributed by atoms with Crippen molar-refractivity contribution in [3.63, 3.8) is 0 Å². The van der Waals surface area contributed by atoms with E-state index in [1.54, 1.807) is 0 Å². The van der Waals surface area contributed by atoms with E-state index < -0.39 is 10.0 Å². The van der Waals surface area contributed by atoms with Gasteiger partial charge in [-0.3, -0.25) is 4.90 Å². The molecule has 1 N–H and O–H groups in total. The molecular formula is C9H20N2O2S. The highest BCUT2D eigenvalue weighted by atomic mass is 32.2. The summed E-state index contributed by atoms with van der Waals surface area (Å²) in [6.45, 7) is 6.63. The van der Waals surface area contributed by atoms with E-state index >= 15 is 0 Å². The third kappa shape index (κ3) is 3.55. The van der Waals surface area contributed by atoms with Crippen molar-refractivity contribution >= 4 is 10.0 Å². The van der Waals surface area contributed by atoms with Gasteiger partial charge in [-0.05, 0) is 26.3 Å². The van der Waals surface area contributed by atoms with Gasteiger partial charge in [0.25, 0.3) is 0 Å². The van der Waals surface area contributed by atoms with Crippen molar-refractivity contribution in [3.8, 4) is 0 Å². The lowest BCUT2D eigenvalue weighted by atomic mass is 10.2. The van der Waals surface area contributed by atoms with E-state index in [4.69, 9.17) is 0 Å². The zero-order valence-electron chi connectivity index (χ0n) is 8.99. The van der Waals surface area contributed by atoms with Crippen molar-refractivity contribution in [2.45, 2.75) is 32.7 Å². The van der Waals surface area contributed by atoms with E-state index in [0.29, 0.717) is 12.6 Å². The Kier molecular flexibility index (Phi) is 4.34. The summed E-state index contributed by atoms with van der Waals surface area (Å²) in [6, 6.07) is 0.553. The van der Waals surface area contributed by atoms with Crippen molar-refractivity contribution in [1.29, 1.82) is 0 Å². The number of rotatable bonds is 2. The molecule has 14 heavy (non-hydrogen) atoms. The van der Waals surface area contributed by atoms with Crippen LogP contribution in [-0.4, -0.2) is 44.7 Å². The zero-order chi connectivity index (χ0) is 10.6. The minimum atomic E-state index is -2.98. The highest BCUT2D eigenvalue weighted by Gasteiger charge is 2.18. The van der Waals surface area contributed by atoms with Crippen molar-refractivity contribution < 1.29 is 8.42 Å². The fourth-order valence-corrected chi connectivity index (χ4v) is 2.74. The van der Waals surface area contributed by atoms with Crippen LogP contribution in [0.15, 0.2) is 0 Å². The van der Waals surface area contributed by atoms with E-state index in [0.717, 1.165) is 25.9 Å². The summed E-state index contributed by atoms with van der Waals surface area (Å²) in [4.78, 5) is 2.35. The molecule has 0 spiro atoms. The maximum Gasteiger partial charge on any atom is 0.211 e. The molecule has 0 aromatic rings. The molecule has 1 fully saturated rings. The average Bonchev–Trinajstić information content (AvgIpc) is 2.11. The fraction of sp³-hybridized carbons (Fsp3) is 1.00. The molecule has 1 rings (SSSR count).